The summed E-state index contributed by atoms with van der Waals surface area (Å²) in [5, 5.41) is 9.87. The minimum atomic E-state index is -1.36. The van der Waals surface area contributed by atoms with Crippen LogP contribution in [-0.4, -0.2) is 21.6 Å². The molecule has 0 aliphatic heterocycles. The number of hydrogen-bond acceptors (Lipinski definition) is 3. The van der Waals surface area contributed by atoms with Gasteiger partial charge in [0.25, 0.3) is 11.5 Å². The van der Waals surface area contributed by atoms with Crippen molar-refractivity contribution in [3.05, 3.63) is 118 Å². The minimum absolute atomic E-state index is 0.316. The van der Waals surface area contributed by atoms with Crippen molar-refractivity contribution in [1.29, 1.82) is 0 Å². The molecular formula is C24H17NO4. The average Bonchev–Trinajstić information content (AvgIpc) is 2.74. The first-order valence-corrected chi connectivity index (χ1v) is 9.10. The van der Waals surface area contributed by atoms with E-state index in [0.29, 0.717) is 16.5 Å². The van der Waals surface area contributed by atoms with Gasteiger partial charge in [0.15, 0.2) is 0 Å². The second-order valence-corrected chi connectivity index (χ2v) is 6.73. The van der Waals surface area contributed by atoms with Crippen molar-refractivity contribution in [2.24, 2.45) is 0 Å². The lowest BCUT2D eigenvalue weighted by atomic mass is 10.0. The van der Waals surface area contributed by atoms with Crippen LogP contribution in [-0.2, 0) is 6.42 Å². The molecule has 0 amide bonds. The van der Waals surface area contributed by atoms with E-state index in [2.05, 4.69) is 0 Å². The van der Waals surface area contributed by atoms with Crippen LogP contribution in [0.15, 0.2) is 89.7 Å². The largest absolute Gasteiger partial charge is 0.477 e. The zero-order valence-corrected chi connectivity index (χ0v) is 15.4. The minimum Gasteiger partial charge on any atom is -0.477 e. The lowest BCUT2D eigenvalue weighted by Crippen LogP contribution is -2.31. The van der Waals surface area contributed by atoms with E-state index in [0.717, 1.165) is 22.1 Å². The number of carboxylic acid groups (broad SMARTS) is 1. The number of carboxylic acids is 1. The molecule has 1 N–H and O–H groups in total. The first kappa shape index (κ1) is 18.4. The van der Waals surface area contributed by atoms with Crippen LogP contribution in [0.1, 0.15) is 31.8 Å². The van der Waals surface area contributed by atoms with E-state index in [9.17, 15) is 19.5 Å². The molecule has 0 spiro atoms. The summed E-state index contributed by atoms with van der Waals surface area (Å²) >= 11 is 0. The van der Waals surface area contributed by atoms with Gasteiger partial charge in [0.05, 0.1) is 5.52 Å². The second-order valence-electron chi connectivity index (χ2n) is 6.73. The summed E-state index contributed by atoms with van der Waals surface area (Å²) in [6.07, 6.45) is 0.729. The maximum atomic E-state index is 13.1. The lowest BCUT2D eigenvalue weighted by Gasteiger charge is -2.11. The average molecular weight is 383 g/mol. The summed E-state index contributed by atoms with van der Waals surface area (Å²) in [6.45, 7) is 0. The van der Waals surface area contributed by atoms with E-state index in [4.69, 9.17) is 0 Å². The van der Waals surface area contributed by atoms with Gasteiger partial charge in [-0.05, 0) is 47.2 Å². The highest BCUT2D eigenvalue weighted by molar-refractivity contribution is 6.03. The lowest BCUT2D eigenvalue weighted by molar-refractivity contribution is 0.0695. The van der Waals surface area contributed by atoms with Gasteiger partial charge in [-0.3, -0.25) is 9.59 Å². The van der Waals surface area contributed by atoms with Crippen LogP contribution in [0.3, 0.4) is 0 Å². The maximum absolute atomic E-state index is 13.1. The van der Waals surface area contributed by atoms with E-state index < -0.39 is 23.0 Å². The van der Waals surface area contributed by atoms with Crippen molar-refractivity contribution in [2.45, 2.75) is 6.42 Å². The molecule has 0 fully saturated rings. The number of aromatic carboxylic acids is 1. The molecule has 29 heavy (non-hydrogen) atoms. The van der Waals surface area contributed by atoms with Crippen LogP contribution in [0.4, 0.5) is 0 Å². The molecule has 142 valence electrons. The first-order valence-electron chi connectivity index (χ1n) is 9.10. The Balaban J connectivity index is 1.75. The van der Waals surface area contributed by atoms with Gasteiger partial charge in [-0.15, -0.1) is 0 Å². The quantitative estimate of drug-likeness (QED) is 0.578. The third-order valence-corrected chi connectivity index (χ3v) is 4.80. The standard InChI is InChI=1S/C24H17NO4/c26-22(18-12-10-17(11-13-18)14-16-6-2-1-3-7-16)25-21-9-5-4-8-19(21)15-20(23(25)27)24(28)29/h1-13,15H,14H2,(H,28,29). The van der Waals surface area contributed by atoms with Gasteiger partial charge in [0.2, 0.25) is 0 Å². The van der Waals surface area contributed by atoms with Gasteiger partial charge in [-0.25, -0.2) is 9.36 Å². The number of benzene rings is 3. The second kappa shape index (κ2) is 7.56. The highest BCUT2D eigenvalue weighted by atomic mass is 16.4. The fourth-order valence-corrected chi connectivity index (χ4v) is 3.34. The molecule has 0 aliphatic rings. The van der Waals surface area contributed by atoms with Crippen molar-refractivity contribution >= 4 is 22.8 Å². The zero-order valence-electron chi connectivity index (χ0n) is 15.4. The van der Waals surface area contributed by atoms with Crippen LogP contribution < -0.4 is 5.56 Å². The Kier molecular flexibility index (Phi) is 4.79. The summed E-state index contributed by atoms with van der Waals surface area (Å²) in [7, 11) is 0. The fraction of sp³-hybridized carbons (Fsp3) is 0.0417. The number of rotatable bonds is 4. The van der Waals surface area contributed by atoms with E-state index in [-0.39, 0.29) is 0 Å². The first-order chi connectivity index (χ1) is 14.0. The summed E-state index contributed by atoms with van der Waals surface area (Å²) in [5.41, 5.74) is 1.61. The molecule has 0 radical (unpaired) electrons. The van der Waals surface area contributed by atoms with Gasteiger partial charge < -0.3 is 5.11 Å². The molecule has 5 nitrogen and oxygen atoms in total. The molecule has 4 rings (SSSR count). The molecule has 1 heterocycles. The molecule has 0 saturated heterocycles. The number of pyridine rings is 1. The number of para-hydroxylation sites is 1. The number of nitrogens with zero attached hydrogens (tertiary/aromatic N) is 1. The van der Waals surface area contributed by atoms with Crippen molar-refractivity contribution in [3.63, 3.8) is 0 Å². The Morgan fingerprint density at radius 1 is 0.793 bits per heavy atom. The van der Waals surface area contributed by atoms with Crippen molar-refractivity contribution in [1.82, 2.24) is 4.57 Å². The Morgan fingerprint density at radius 2 is 1.41 bits per heavy atom. The normalized spacial score (nSPS) is 10.8. The number of carbonyl (C=O) groups is 2. The molecule has 5 heteroatoms. The summed E-state index contributed by atoms with van der Waals surface area (Å²) in [6, 6.07) is 25.0. The van der Waals surface area contributed by atoms with Crippen LogP contribution in [0.2, 0.25) is 0 Å². The third-order valence-electron chi connectivity index (χ3n) is 4.80. The smallest absolute Gasteiger partial charge is 0.341 e. The Bertz CT molecular complexity index is 1270. The van der Waals surface area contributed by atoms with Gasteiger partial charge in [-0.2, -0.15) is 0 Å². The van der Waals surface area contributed by atoms with Crippen LogP contribution in [0, 0.1) is 0 Å². The van der Waals surface area contributed by atoms with Gasteiger partial charge in [0.1, 0.15) is 5.56 Å². The van der Waals surface area contributed by atoms with E-state index in [1.807, 2.05) is 42.5 Å². The predicted molar refractivity (Wildman–Crippen MR) is 111 cm³/mol. The Morgan fingerprint density at radius 3 is 2.10 bits per heavy atom. The molecule has 0 unspecified atom stereocenters. The van der Waals surface area contributed by atoms with Crippen molar-refractivity contribution in [3.8, 4) is 0 Å². The number of carbonyl (C=O) groups excluding carboxylic acids is 1. The highest BCUT2D eigenvalue weighted by Crippen LogP contribution is 2.16. The number of hydrogen-bond donors (Lipinski definition) is 1. The van der Waals surface area contributed by atoms with Crippen LogP contribution in [0.5, 0.6) is 0 Å². The summed E-state index contributed by atoms with van der Waals surface area (Å²) in [4.78, 5) is 37.3. The van der Waals surface area contributed by atoms with Gasteiger partial charge in [-0.1, -0.05) is 60.7 Å². The zero-order chi connectivity index (χ0) is 20.4. The van der Waals surface area contributed by atoms with E-state index in [1.54, 1.807) is 36.4 Å². The predicted octanol–water partition coefficient (Wildman–Crippen LogP) is 3.98. The van der Waals surface area contributed by atoms with Gasteiger partial charge in [0, 0.05) is 5.56 Å². The monoisotopic (exact) mass is 383 g/mol. The summed E-state index contributed by atoms with van der Waals surface area (Å²) < 4.78 is 0.936. The summed E-state index contributed by atoms with van der Waals surface area (Å²) in [5.74, 6) is -1.92. The van der Waals surface area contributed by atoms with Crippen LogP contribution in [0.25, 0.3) is 10.9 Å². The number of fused-ring (bicyclic) bond motifs is 1. The maximum Gasteiger partial charge on any atom is 0.341 e. The van der Waals surface area contributed by atoms with Gasteiger partial charge >= 0.3 is 5.97 Å². The van der Waals surface area contributed by atoms with Crippen LogP contribution >= 0.6 is 0 Å². The molecule has 0 bridgehead atoms. The Hall–Kier alpha value is -3.99. The SMILES string of the molecule is O=C(O)c1cc2ccccc2n(C(=O)c2ccc(Cc3ccccc3)cc2)c1=O. The molecule has 3 aromatic carbocycles. The van der Waals surface area contributed by atoms with E-state index in [1.165, 1.54) is 6.07 Å². The topological polar surface area (TPSA) is 76.4 Å². The third kappa shape index (κ3) is 3.58. The van der Waals surface area contributed by atoms with Crippen molar-refractivity contribution in [2.75, 3.05) is 0 Å². The van der Waals surface area contributed by atoms with E-state index >= 15 is 0 Å². The fourth-order valence-electron chi connectivity index (χ4n) is 3.34. The molecule has 1 aromatic heterocycles. The molecule has 0 saturated carbocycles. The van der Waals surface area contributed by atoms with Crippen molar-refractivity contribution < 1.29 is 14.7 Å². The molecule has 4 aromatic rings. The Labute approximate surface area is 166 Å². The number of aromatic nitrogens is 1. The highest BCUT2D eigenvalue weighted by Gasteiger charge is 2.19. The molecule has 0 atom stereocenters. The molecule has 0 aliphatic carbocycles. The molecular weight excluding hydrogens is 366 g/mol.